The maximum absolute atomic E-state index is 12.6. The number of carbonyl (C=O) groups is 2. The molecule has 2 aromatic carbocycles. The fraction of sp³-hybridized carbons (Fsp3) is 0.167. The van der Waals surface area contributed by atoms with Crippen LogP contribution in [0.15, 0.2) is 64.1 Å². The van der Waals surface area contributed by atoms with Crippen molar-refractivity contribution < 1.29 is 23.5 Å². The minimum absolute atomic E-state index is 0.0137. The van der Waals surface area contributed by atoms with Crippen LogP contribution in [0, 0.1) is 13.8 Å². The number of rotatable bonds is 6. The van der Waals surface area contributed by atoms with E-state index in [1.807, 2.05) is 31.2 Å². The normalized spacial score (nSPS) is 10.8. The monoisotopic (exact) mass is 447 g/mol. The summed E-state index contributed by atoms with van der Waals surface area (Å²) in [7, 11) is 1.51. The van der Waals surface area contributed by atoms with Gasteiger partial charge in [0.1, 0.15) is 28.8 Å². The lowest BCUT2D eigenvalue weighted by molar-refractivity contribution is -0.119. The minimum atomic E-state index is -0.851. The number of aryl methyl sites for hydroxylation is 3. The first kappa shape index (κ1) is 21.8. The predicted octanol–water partition coefficient (Wildman–Crippen LogP) is 3.73. The van der Waals surface area contributed by atoms with Gasteiger partial charge in [0.15, 0.2) is 12.4 Å². The van der Waals surface area contributed by atoms with Gasteiger partial charge in [-0.25, -0.2) is 9.78 Å². The zero-order valence-corrected chi connectivity index (χ0v) is 18.2. The first-order valence-electron chi connectivity index (χ1n) is 10.1. The van der Waals surface area contributed by atoms with Gasteiger partial charge in [0.2, 0.25) is 5.71 Å². The fourth-order valence-corrected chi connectivity index (χ4v) is 3.21. The van der Waals surface area contributed by atoms with E-state index in [0.717, 1.165) is 5.56 Å². The molecule has 0 aliphatic rings. The molecule has 0 saturated carbocycles. The van der Waals surface area contributed by atoms with E-state index in [9.17, 15) is 14.4 Å². The molecule has 0 radical (unpaired) electrons. The molecule has 4 rings (SSSR count). The Morgan fingerprint density at radius 2 is 1.82 bits per heavy atom. The SMILES string of the molecule is Cc1ccc(Oc2ccccc2NC(=O)COC(=O)c2c(C)oc3ncn(C)c(=O)c23)cc1. The Morgan fingerprint density at radius 1 is 1.09 bits per heavy atom. The van der Waals surface area contributed by atoms with E-state index < -0.39 is 24.0 Å². The molecule has 0 atom stereocenters. The lowest BCUT2D eigenvalue weighted by Crippen LogP contribution is -2.23. The third-order valence-corrected chi connectivity index (χ3v) is 4.90. The van der Waals surface area contributed by atoms with Gasteiger partial charge in [-0.3, -0.25) is 9.59 Å². The molecule has 1 amide bonds. The third-order valence-electron chi connectivity index (χ3n) is 4.90. The van der Waals surface area contributed by atoms with Crippen molar-refractivity contribution in [1.29, 1.82) is 0 Å². The molecule has 2 heterocycles. The number of ether oxygens (including phenoxy) is 2. The number of anilines is 1. The molecule has 0 fully saturated rings. The molecule has 33 heavy (non-hydrogen) atoms. The average Bonchev–Trinajstić information content (AvgIpc) is 3.14. The van der Waals surface area contributed by atoms with Crippen LogP contribution in [0.3, 0.4) is 0 Å². The summed E-state index contributed by atoms with van der Waals surface area (Å²) in [5.41, 5.74) is 1.06. The highest BCUT2D eigenvalue weighted by atomic mass is 16.5. The molecule has 1 N–H and O–H groups in total. The van der Waals surface area contributed by atoms with Crippen molar-refractivity contribution in [2.24, 2.45) is 7.05 Å². The van der Waals surface area contributed by atoms with Gasteiger partial charge in [0, 0.05) is 7.05 Å². The van der Waals surface area contributed by atoms with Crippen molar-refractivity contribution in [3.8, 4) is 11.5 Å². The highest BCUT2D eigenvalue weighted by Gasteiger charge is 2.24. The van der Waals surface area contributed by atoms with Gasteiger partial charge in [-0.2, -0.15) is 0 Å². The van der Waals surface area contributed by atoms with Crippen LogP contribution in [-0.2, 0) is 16.6 Å². The van der Waals surface area contributed by atoms with Gasteiger partial charge in [0.05, 0.1) is 5.69 Å². The van der Waals surface area contributed by atoms with Gasteiger partial charge < -0.3 is 23.8 Å². The Kier molecular flexibility index (Phi) is 5.95. The van der Waals surface area contributed by atoms with Crippen molar-refractivity contribution >= 4 is 28.7 Å². The topological polar surface area (TPSA) is 113 Å². The van der Waals surface area contributed by atoms with Crippen LogP contribution >= 0.6 is 0 Å². The van der Waals surface area contributed by atoms with Crippen LogP contribution in [0.25, 0.3) is 11.1 Å². The van der Waals surface area contributed by atoms with E-state index >= 15 is 0 Å². The first-order valence-corrected chi connectivity index (χ1v) is 10.1. The second-order valence-electron chi connectivity index (χ2n) is 7.41. The van der Waals surface area contributed by atoms with Gasteiger partial charge in [-0.15, -0.1) is 0 Å². The molecule has 0 spiro atoms. The minimum Gasteiger partial charge on any atom is -0.455 e. The summed E-state index contributed by atoms with van der Waals surface area (Å²) in [4.78, 5) is 41.5. The van der Waals surface area contributed by atoms with E-state index in [1.54, 1.807) is 24.3 Å². The van der Waals surface area contributed by atoms with Crippen LogP contribution in [-0.4, -0.2) is 28.0 Å². The smallest absolute Gasteiger partial charge is 0.343 e. The van der Waals surface area contributed by atoms with Crippen molar-refractivity contribution in [2.75, 3.05) is 11.9 Å². The van der Waals surface area contributed by atoms with Gasteiger partial charge >= 0.3 is 5.97 Å². The number of fused-ring (bicyclic) bond motifs is 1. The van der Waals surface area contributed by atoms with E-state index in [0.29, 0.717) is 17.2 Å². The quantitative estimate of drug-likeness (QED) is 0.448. The second kappa shape index (κ2) is 8.99. The molecule has 4 aromatic rings. The predicted molar refractivity (Wildman–Crippen MR) is 121 cm³/mol. The van der Waals surface area contributed by atoms with Crippen LogP contribution in [0.1, 0.15) is 21.7 Å². The fourth-order valence-electron chi connectivity index (χ4n) is 3.21. The van der Waals surface area contributed by atoms with E-state index in [1.165, 1.54) is 24.9 Å². The maximum atomic E-state index is 12.6. The molecule has 0 saturated heterocycles. The van der Waals surface area contributed by atoms with Crippen molar-refractivity contribution in [2.45, 2.75) is 13.8 Å². The standard InChI is InChI=1S/C24H21N3O6/c1-14-8-10-16(11-9-14)33-18-7-5-4-6-17(18)26-19(28)12-31-24(30)20-15(2)32-22-21(20)23(29)27(3)13-25-22/h4-11,13H,12H2,1-3H3,(H,26,28). The molecular weight excluding hydrogens is 426 g/mol. The zero-order valence-electron chi connectivity index (χ0n) is 18.2. The van der Waals surface area contributed by atoms with E-state index in [-0.39, 0.29) is 22.4 Å². The van der Waals surface area contributed by atoms with Crippen molar-refractivity contribution in [3.05, 3.63) is 82.1 Å². The summed E-state index contributed by atoms with van der Waals surface area (Å²) in [5, 5.41) is 2.69. The average molecular weight is 447 g/mol. The summed E-state index contributed by atoms with van der Waals surface area (Å²) >= 11 is 0. The maximum Gasteiger partial charge on any atom is 0.343 e. The number of carbonyl (C=O) groups excluding carboxylic acids is 2. The summed E-state index contributed by atoms with van der Waals surface area (Å²) in [6.45, 7) is 2.93. The van der Waals surface area contributed by atoms with Crippen LogP contribution < -0.4 is 15.6 Å². The van der Waals surface area contributed by atoms with E-state index in [2.05, 4.69) is 10.3 Å². The highest BCUT2D eigenvalue weighted by molar-refractivity contribution is 6.04. The number of hydrogen-bond donors (Lipinski definition) is 1. The molecule has 168 valence electrons. The Balaban J connectivity index is 1.46. The number of aromatic nitrogens is 2. The largest absolute Gasteiger partial charge is 0.455 e. The lowest BCUT2D eigenvalue weighted by Gasteiger charge is -2.12. The van der Waals surface area contributed by atoms with Crippen LogP contribution in [0.4, 0.5) is 5.69 Å². The number of amides is 1. The molecule has 0 aliphatic heterocycles. The van der Waals surface area contributed by atoms with Crippen LogP contribution in [0.5, 0.6) is 11.5 Å². The molecule has 9 heteroatoms. The number of benzene rings is 2. The summed E-state index contributed by atoms with van der Waals surface area (Å²) in [6, 6.07) is 14.4. The molecular formula is C24H21N3O6. The Labute approximate surface area is 188 Å². The van der Waals surface area contributed by atoms with Crippen molar-refractivity contribution in [1.82, 2.24) is 9.55 Å². The van der Waals surface area contributed by atoms with E-state index in [4.69, 9.17) is 13.9 Å². The number of nitrogens with zero attached hydrogens (tertiary/aromatic N) is 2. The number of nitrogens with one attached hydrogen (secondary N) is 1. The third kappa shape index (κ3) is 4.62. The summed E-state index contributed by atoms with van der Waals surface area (Å²) in [5.74, 6) is -0.183. The van der Waals surface area contributed by atoms with Gasteiger partial charge in [-0.05, 0) is 38.1 Å². The molecule has 0 unspecified atom stereocenters. The Hall–Kier alpha value is -4.40. The number of furan rings is 1. The highest BCUT2D eigenvalue weighted by Crippen LogP contribution is 2.29. The first-order chi connectivity index (χ1) is 15.8. The summed E-state index contributed by atoms with van der Waals surface area (Å²) < 4.78 is 17.6. The zero-order chi connectivity index (χ0) is 23.5. The number of hydrogen-bond acceptors (Lipinski definition) is 7. The van der Waals surface area contributed by atoms with Gasteiger partial charge in [-0.1, -0.05) is 29.8 Å². The van der Waals surface area contributed by atoms with Crippen LogP contribution in [0.2, 0.25) is 0 Å². The summed E-state index contributed by atoms with van der Waals surface area (Å²) in [6.07, 6.45) is 1.30. The number of esters is 1. The Bertz CT molecular complexity index is 1400. The molecule has 0 aliphatic carbocycles. The van der Waals surface area contributed by atoms with Gasteiger partial charge in [0.25, 0.3) is 11.5 Å². The van der Waals surface area contributed by atoms with Crippen molar-refractivity contribution in [3.63, 3.8) is 0 Å². The molecule has 0 bridgehead atoms. The second-order valence-corrected chi connectivity index (χ2v) is 7.41. The molecule has 2 aromatic heterocycles. The molecule has 9 nitrogen and oxygen atoms in total. The Morgan fingerprint density at radius 3 is 2.58 bits per heavy atom. The number of para-hydroxylation sites is 2. The lowest BCUT2D eigenvalue weighted by atomic mass is 10.2.